The average molecular weight is 625 g/mol. The molecule has 0 bridgehead atoms. The van der Waals surface area contributed by atoms with Crippen LogP contribution in [-0.2, 0) is 22.4 Å². The van der Waals surface area contributed by atoms with Crippen LogP contribution in [-0.4, -0.2) is 54.4 Å². The first-order valence-electron chi connectivity index (χ1n) is 14.8. The molecule has 10 heteroatoms. The van der Waals surface area contributed by atoms with Crippen molar-refractivity contribution in [1.82, 2.24) is 10.6 Å². The van der Waals surface area contributed by atoms with Crippen LogP contribution in [0.25, 0.3) is 6.08 Å². The van der Waals surface area contributed by atoms with E-state index in [1.807, 2.05) is 0 Å². The second-order valence-corrected chi connectivity index (χ2v) is 10.8. The topological polar surface area (TPSA) is 147 Å². The van der Waals surface area contributed by atoms with Gasteiger partial charge in [-0.2, -0.15) is 0 Å². The third-order valence-corrected chi connectivity index (χ3v) is 7.75. The Kier molecular flexibility index (Phi) is 9.97. The molecule has 4 aromatic carbocycles. The van der Waals surface area contributed by atoms with E-state index in [0.717, 1.165) is 11.1 Å². The minimum atomic E-state index is -0.827. The number of fused-ring (bicyclic) bond motifs is 1. The van der Waals surface area contributed by atoms with Crippen LogP contribution in [0.3, 0.4) is 0 Å². The Bertz CT molecular complexity index is 1720. The SMILES string of the molecule is COc1ccc(C2Oc3c(O)cc(C=CC(=O)NCCc4ccc(O)cc4)cc3C2C(=O)NCCc2ccc(O)cc2)cc1OC. The molecule has 0 radical (unpaired) electrons. The van der Waals surface area contributed by atoms with Gasteiger partial charge in [0.05, 0.1) is 14.2 Å². The lowest BCUT2D eigenvalue weighted by Crippen LogP contribution is -2.33. The molecule has 1 aliphatic heterocycles. The first-order valence-corrected chi connectivity index (χ1v) is 14.8. The van der Waals surface area contributed by atoms with Crippen LogP contribution < -0.4 is 24.8 Å². The molecule has 0 saturated carbocycles. The number of carbonyl (C=O) groups excluding carboxylic acids is 2. The molecule has 5 rings (SSSR count). The molecular weight excluding hydrogens is 588 g/mol. The van der Waals surface area contributed by atoms with Crippen molar-refractivity contribution in [2.75, 3.05) is 27.3 Å². The van der Waals surface area contributed by atoms with E-state index in [1.165, 1.54) is 26.4 Å². The molecule has 0 saturated heterocycles. The van der Waals surface area contributed by atoms with Crippen LogP contribution in [0.15, 0.2) is 84.9 Å². The predicted octanol–water partition coefficient (Wildman–Crippen LogP) is 4.77. The Hall–Kier alpha value is -5.64. The first kappa shape index (κ1) is 31.8. The molecule has 2 unspecified atom stereocenters. The van der Waals surface area contributed by atoms with Crippen molar-refractivity contribution in [2.24, 2.45) is 0 Å². The Morgan fingerprint density at radius 3 is 2.00 bits per heavy atom. The molecule has 1 heterocycles. The van der Waals surface area contributed by atoms with Crippen LogP contribution >= 0.6 is 0 Å². The summed E-state index contributed by atoms with van der Waals surface area (Å²) in [5, 5.41) is 35.8. The average Bonchev–Trinajstić information content (AvgIpc) is 3.45. The zero-order valence-electron chi connectivity index (χ0n) is 25.5. The zero-order chi connectivity index (χ0) is 32.6. The number of phenolic OH excluding ortho intramolecular Hbond substituents is 3. The predicted molar refractivity (Wildman–Crippen MR) is 172 cm³/mol. The Morgan fingerprint density at radius 2 is 1.39 bits per heavy atom. The van der Waals surface area contributed by atoms with Crippen molar-refractivity contribution >= 4 is 17.9 Å². The van der Waals surface area contributed by atoms with Gasteiger partial charge >= 0.3 is 0 Å². The lowest BCUT2D eigenvalue weighted by molar-refractivity contribution is -0.124. The van der Waals surface area contributed by atoms with E-state index in [2.05, 4.69) is 10.6 Å². The van der Waals surface area contributed by atoms with Gasteiger partial charge in [-0.15, -0.1) is 0 Å². The van der Waals surface area contributed by atoms with E-state index in [1.54, 1.807) is 78.9 Å². The van der Waals surface area contributed by atoms with E-state index in [9.17, 15) is 24.9 Å². The van der Waals surface area contributed by atoms with Crippen LogP contribution in [0.2, 0.25) is 0 Å². The summed E-state index contributed by atoms with van der Waals surface area (Å²) in [6.45, 7) is 0.737. The summed E-state index contributed by atoms with van der Waals surface area (Å²) in [5.41, 5.74) is 3.57. The van der Waals surface area contributed by atoms with Gasteiger partial charge in [0.1, 0.15) is 23.5 Å². The summed E-state index contributed by atoms with van der Waals surface area (Å²) in [6.07, 6.45) is 3.30. The lowest BCUT2D eigenvalue weighted by atomic mass is 9.89. The highest BCUT2D eigenvalue weighted by Gasteiger charge is 2.42. The molecule has 4 aromatic rings. The molecule has 0 spiro atoms. The summed E-state index contributed by atoms with van der Waals surface area (Å²) >= 11 is 0. The number of aromatic hydroxyl groups is 3. The van der Waals surface area contributed by atoms with Gasteiger partial charge in [0.25, 0.3) is 0 Å². The highest BCUT2D eigenvalue weighted by Crippen LogP contribution is 2.51. The van der Waals surface area contributed by atoms with Crippen LogP contribution in [0.4, 0.5) is 0 Å². The number of nitrogens with one attached hydrogen (secondary N) is 2. The molecule has 0 aromatic heterocycles. The highest BCUT2D eigenvalue weighted by molar-refractivity contribution is 5.92. The number of benzene rings is 4. The Balaban J connectivity index is 1.35. The maximum Gasteiger partial charge on any atom is 0.244 e. The monoisotopic (exact) mass is 624 g/mol. The standard InChI is InChI=1S/C36H36N2O8/c1-44-30-13-8-25(21-31(30)45-2)34-33(36(43)38-18-16-23-5-11-27(40)12-6-23)28-19-24(20-29(41)35(28)46-34)7-14-32(42)37-17-15-22-3-9-26(39)10-4-22/h3-14,19-21,33-34,39-41H,15-18H2,1-2H3,(H,37,42)(H,38,43). The summed E-state index contributed by atoms with van der Waals surface area (Å²) in [6, 6.07) is 22.0. The van der Waals surface area contributed by atoms with E-state index >= 15 is 0 Å². The third-order valence-electron chi connectivity index (χ3n) is 7.75. The molecule has 2 amide bonds. The summed E-state index contributed by atoms with van der Waals surface area (Å²) in [4.78, 5) is 26.3. The van der Waals surface area contributed by atoms with Crippen LogP contribution in [0.1, 0.15) is 39.8 Å². The Morgan fingerprint density at radius 1 is 0.783 bits per heavy atom. The molecule has 0 fully saturated rings. The first-order chi connectivity index (χ1) is 22.2. The lowest BCUT2D eigenvalue weighted by Gasteiger charge is -2.20. The van der Waals surface area contributed by atoms with E-state index < -0.39 is 12.0 Å². The maximum absolute atomic E-state index is 13.8. The molecule has 1 aliphatic rings. The smallest absolute Gasteiger partial charge is 0.244 e. The minimum absolute atomic E-state index is 0.158. The fraction of sp³-hybridized carbons (Fsp3) is 0.222. The molecule has 10 nitrogen and oxygen atoms in total. The summed E-state index contributed by atoms with van der Waals surface area (Å²) in [5.74, 6) is -0.0748. The molecule has 46 heavy (non-hydrogen) atoms. The van der Waals surface area contributed by atoms with Gasteiger partial charge in [0.2, 0.25) is 11.8 Å². The van der Waals surface area contributed by atoms with Gasteiger partial charge in [-0.05, 0) is 89.7 Å². The number of hydrogen-bond donors (Lipinski definition) is 5. The van der Waals surface area contributed by atoms with Crippen molar-refractivity contribution in [3.05, 3.63) is 113 Å². The molecule has 2 atom stereocenters. The minimum Gasteiger partial charge on any atom is -0.508 e. The second-order valence-electron chi connectivity index (χ2n) is 10.8. The quantitative estimate of drug-likeness (QED) is 0.142. The van der Waals surface area contributed by atoms with Gasteiger partial charge in [-0.1, -0.05) is 30.3 Å². The van der Waals surface area contributed by atoms with Gasteiger partial charge in [0.15, 0.2) is 23.0 Å². The Labute approximate surface area is 266 Å². The van der Waals surface area contributed by atoms with Crippen molar-refractivity contribution in [3.63, 3.8) is 0 Å². The van der Waals surface area contributed by atoms with Crippen LogP contribution in [0, 0.1) is 0 Å². The van der Waals surface area contributed by atoms with Crippen molar-refractivity contribution in [1.29, 1.82) is 0 Å². The van der Waals surface area contributed by atoms with Gasteiger partial charge < -0.3 is 40.2 Å². The number of methoxy groups -OCH3 is 2. The molecule has 238 valence electrons. The molecule has 0 aliphatic carbocycles. The number of amides is 2. The highest BCUT2D eigenvalue weighted by atomic mass is 16.5. The molecular formula is C36H36N2O8. The zero-order valence-corrected chi connectivity index (χ0v) is 25.5. The van der Waals surface area contributed by atoms with Gasteiger partial charge in [-0.3, -0.25) is 9.59 Å². The number of carbonyl (C=O) groups is 2. The summed E-state index contributed by atoms with van der Waals surface area (Å²) < 4.78 is 17.1. The van der Waals surface area contributed by atoms with Crippen LogP contribution in [0.5, 0.6) is 34.5 Å². The number of phenols is 3. The maximum atomic E-state index is 13.8. The second kappa shape index (κ2) is 14.4. The van der Waals surface area contributed by atoms with Crippen molar-refractivity contribution in [2.45, 2.75) is 24.9 Å². The van der Waals surface area contributed by atoms with Crippen molar-refractivity contribution < 1.29 is 39.1 Å². The fourth-order valence-electron chi connectivity index (χ4n) is 5.37. The number of rotatable bonds is 12. The number of hydrogen-bond acceptors (Lipinski definition) is 8. The van der Waals surface area contributed by atoms with E-state index in [-0.39, 0.29) is 34.8 Å². The fourth-order valence-corrected chi connectivity index (χ4v) is 5.37. The third kappa shape index (κ3) is 7.52. The van der Waals surface area contributed by atoms with Crippen molar-refractivity contribution in [3.8, 4) is 34.5 Å². The number of ether oxygens (including phenoxy) is 3. The van der Waals surface area contributed by atoms with Gasteiger partial charge in [0, 0.05) is 24.7 Å². The van der Waals surface area contributed by atoms with E-state index in [0.29, 0.717) is 54.1 Å². The summed E-state index contributed by atoms with van der Waals surface area (Å²) in [7, 11) is 3.06. The van der Waals surface area contributed by atoms with E-state index in [4.69, 9.17) is 14.2 Å². The normalized spacial score (nSPS) is 15.2. The largest absolute Gasteiger partial charge is 0.508 e. The van der Waals surface area contributed by atoms with Gasteiger partial charge in [-0.25, -0.2) is 0 Å². The molecule has 5 N–H and O–H groups in total.